The molecule has 4 aromatic carbocycles. The Morgan fingerprint density at radius 3 is 2.47 bits per heavy atom. The number of anilines is 1. The van der Waals surface area contributed by atoms with Crippen LogP contribution in [-0.2, 0) is 6.54 Å². The first kappa shape index (κ1) is 24.1. The molecule has 5 aromatic rings. The first-order valence-corrected chi connectivity index (χ1v) is 12.9. The Bertz CT molecular complexity index is 1570. The molecule has 1 fully saturated rings. The summed E-state index contributed by atoms with van der Waals surface area (Å²) in [6, 6.07) is 31.0. The van der Waals surface area contributed by atoms with E-state index in [1.54, 1.807) is 0 Å². The molecular formula is C32H29FN4O. The van der Waals surface area contributed by atoms with Crippen LogP contribution in [0.4, 0.5) is 10.2 Å². The van der Waals surface area contributed by atoms with E-state index in [9.17, 15) is 9.50 Å². The Morgan fingerprint density at radius 2 is 1.66 bits per heavy atom. The van der Waals surface area contributed by atoms with Crippen LogP contribution in [0.3, 0.4) is 0 Å². The molecule has 1 aliphatic heterocycles. The van der Waals surface area contributed by atoms with Crippen LogP contribution < -0.4 is 5.32 Å². The lowest BCUT2D eigenvalue weighted by Crippen LogP contribution is -2.29. The summed E-state index contributed by atoms with van der Waals surface area (Å²) in [5, 5.41) is 15.1. The number of hydrogen-bond donors (Lipinski definition) is 2. The lowest BCUT2D eigenvalue weighted by molar-refractivity contribution is 0.325. The number of aryl methyl sites for hydroxylation is 1. The van der Waals surface area contributed by atoms with Crippen molar-refractivity contribution < 1.29 is 9.50 Å². The van der Waals surface area contributed by atoms with Gasteiger partial charge in [-0.25, -0.2) is 14.4 Å². The number of aromatic hydroxyl groups is 1. The maximum atomic E-state index is 14.1. The third kappa shape index (κ3) is 4.95. The highest BCUT2D eigenvalue weighted by atomic mass is 19.1. The van der Waals surface area contributed by atoms with Gasteiger partial charge in [-0.1, -0.05) is 72.3 Å². The van der Waals surface area contributed by atoms with E-state index in [1.807, 2.05) is 30.3 Å². The molecule has 0 spiro atoms. The average Bonchev–Trinajstić information content (AvgIpc) is 3.32. The number of para-hydroxylation sites is 1. The zero-order chi connectivity index (χ0) is 26.1. The predicted octanol–water partition coefficient (Wildman–Crippen LogP) is 6.53. The minimum atomic E-state index is -0.448. The van der Waals surface area contributed by atoms with Crippen molar-refractivity contribution in [1.29, 1.82) is 0 Å². The monoisotopic (exact) mass is 504 g/mol. The van der Waals surface area contributed by atoms with Crippen molar-refractivity contribution in [2.45, 2.75) is 25.4 Å². The van der Waals surface area contributed by atoms with E-state index in [4.69, 9.17) is 4.98 Å². The van der Waals surface area contributed by atoms with Gasteiger partial charge in [0, 0.05) is 37.0 Å². The van der Waals surface area contributed by atoms with Gasteiger partial charge in [-0.05, 0) is 48.4 Å². The smallest absolute Gasteiger partial charge is 0.165 e. The highest BCUT2D eigenvalue weighted by molar-refractivity contribution is 5.91. The molecular weight excluding hydrogens is 475 g/mol. The van der Waals surface area contributed by atoms with Crippen molar-refractivity contribution in [2.75, 3.05) is 18.4 Å². The molecule has 1 aromatic heterocycles. The second-order valence-electron chi connectivity index (χ2n) is 10.0. The summed E-state index contributed by atoms with van der Waals surface area (Å²) < 4.78 is 14.1. The van der Waals surface area contributed by atoms with Gasteiger partial charge < -0.3 is 10.4 Å². The van der Waals surface area contributed by atoms with E-state index in [-0.39, 0.29) is 29.1 Å². The molecule has 0 saturated carbocycles. The highest BCUT2D eigenvalue weighted by Crippen LogP contribution is 2.35. The number of likely N-dealkylation sites (tertiary alicyclic amines) is 1. The predicted molar refractivity (Wildman–Crippen MR) is 150 cm³/mol. The zero-order valence-electron chi connectivity index (χ0n) is 21.2. The zero-order valence-corrected chi connectivity index (χ0v) is 21.2. The molecule has 1 unspecified atom stereocenters. The Balaban J connectivity index is 1.38. The molecule has 0 bridgehead atoms. The van der Waals surface area contributed by atoms with Gasteiger partial charge in [0.05, 0.1) is 11.1 Å². The molecule has 6 heteroatoms. The minimum absolute atomic E-state index is 0.0555. The van der Waals surface area contributed by atoms with Gasteiger partial charge in [-0.2, -0.15) is 0 Å². The molecule has 2 atom stereocenters. The molecule has 0 aliphatic carbocycles. The second kappa shape index (κ2) is 10.2. The molecule has 38 heavy (non-hydrogen) atoms. The van der Waals surface area contributed by atoms with Crippen LogP contribution in [0.1, 0.15) is 22.6 Å². The number of phenolic OH excluding ortho intramolecular Hbond substituents is 1. The molecule has 1 saturated heterocycles. The number of halogens is 1. The summed E-state index contributed by atoms with van der Waals surface area (Å²) in [4.78, 5) is 11.9. The summed E-state index contributed by atoms with van der Waals surface area (Å²) in [6.45, 7) is 4.73. The average molecular weight is 505 g/mol. The van der Waals surface area contributed by atoms with Crippen molar-refractivity contribution in [3.05, 3.63) is 120 Å². The fourth-order valence-corrected chi connectivity index (χ4v) is 5.32. The van der Waals surface area contributed by atoms with Crippen molar-refractivity contribution in [3.8, 4) is 17.1 Å². The lowest BCUT2D eigenvalue weighted by atomic mass is 9.93. The number of benzene rings is 4. The van der Waals surface area contributed by atoms with Gasteiger partial charge >= 0.3 is 0 Å². The summed E-state index contributed by atoms with van der Waals surface area (Å²) in [5.41, 5.74) is 4.80. The van der Waals surface area contributed by atoms with Crippen molar-refractivity contribution in [1.82, 2.24) is 14.9 Å². The van der Waals surface area contributed by atoms with E-state index < -0.39 is 5.82 Å². The second-order valence-corrected chi connectivity index (χ2v) is 10.0. The Labute approximate surface area is 221 Å². The van der Waals surface area contributed by atoms with Crippen LogP contribution >= 0.6 is 0 Å². The Morgan fingerprint density at radius 1 is 0.895 bits per heavy atom. The van der Waals surface area contributed by atoms with Gasteiger partial charge in [0.1, 0.15) is 17.4 Å². The van der Waals surface area contributed by atoms with Gasteiger partial charge in [0.15, 0.2) is 5.82 Å². The topological polar surface area (TPSA) is 61.3 Å². The number of nitrogens with one attached hydrogen (secondary N) is 1. The van der Waals surface area contributed by atoms with Crippen LogP contribution in [0.5, 0.6) is 5.75 Å². The van der Waals surface area contributed by atoms with Gasteiger partial charge in [-0.3, -0.25) is 4.90 Å². The van der Waals surface area contributed by atoms with Gasteiger partial charge in [0.25, 0.3) is 0 Å². The molecule has 0 amide bonds. The van der Waals surface area contributed by atoms with E-state index in [0.717, 1.165) is 30.5 Å². The Hall–Kier alpha value is -4.29. The maximum Gasteiger partial charge on any atom is 0.165 e. The van der Waals surface area contributed by atoms with Crippen LogP contribution in [-0.4, -0.2) is 39.1 Å². The Kier molecular flexibility index (Phi) is 6.48. The first-order valence-electron chi connectivity index (χ1n) is 12.9. The van der Waals surface area contributed by atoms with E-state index in [1.165, 1.54) is 34.9 Å². The first-order chi connectivity index (χ1) is 18.5. The summed E-state index contributed by atoms with van der Waals surface area (Å²) in [5.74, 6) is 0.710. The summed E-state index contributed by atoms with van der Waals surface area (Å²) in [6.07, 6.45) is 0. The molecule has 2 heterocycles. The molecule has 2 N–H and O–H groups in total. The van der Waals surface area contributed by atoms with Crippen LogP contribution in [0, 0.1) is 12.7 Å². The molecule has 5 nitrogen and oxygen atoms in total. The van der Waals surface area contributed by atoms with E-state index in [2.05, 4.69) is 70.7 Å². The lowest BCUT2D eigenvalue weighted by Gasteiger charge is -2.22. The van der Waals surface area contributed by atoms with Crippen molar-refractivity contribution >= 4 is 16.7 Å². The maximum absolute atomic E-state index is 14.1. The molecule has 0 radical (unpaired) electrons. The quantitative estimate of drug-likeness (QED) is 0.275. The van der Waals surface area contributed by atoms with Gasteiger partial charge in [-0.15, -0.1) is 0 Å². The molecule has 1 aliphatic rings. The standard InChI is InChI=1S/C32H29FN4O/c1-21-11-13-23(14-12-21)27-19-37(18-22-7-3-2-4-8-22)20-29(27)35-31-25-9-5-6-10-28(25)34-32(36-31)26-17-24(33)15-16-30(26)38/h2-17,27,29,38H,18-20H2,1H3,(H,34,35,36)/t27-,29?/m0/s1. The van der Waals surface area contributed by atoms with Crippen LogP contribution in [0.15, 0.2) is 97.1 Å². The third-order valence-corrected chi connectivity index (χ3v) is 7.27. The summed E-state index contributed by atoms with van der Waals surface area (Å²) >= 11 is 0. The number of nitrogens with zero attached hydrogens (tertiary/aromatic N) is 3. The number of rotatable bonds is 6. The van der Waals surface area contributed by atoms with Crippen molar-refractivity contribution in [2.24, 2.45) is 0 Å². The number of fused-ring (bicyclic) bond motifs is 1. The fraction of sp³-hybridized carbons (Fsp3) is 0.188. The fourth-order valence-electron chi connectivity index (χ4n) is 5.32. The molecule has 190 valence electrons. The molecule has 6 rings (SSSR count). The normalized spacial score (nSPS) is 17.6. The van der Waals surface area contributed by atoms with E-state index >= 15 is 0 Å². The van der Waals surface area contributed by atoms with Gasteiger partial charge in [0.2, 0.25) is 0 Å². The van der Waals surface area contributed by atoms with E-state index in [0.29, 0.717) is 5.82 Å². The summed E-state index contributed by atoms with van der Waals surface area (Å²) in [7, 11) is 0. The van der Waals surface area contributed by atoms with Crippen LogP contribution in [0.25, 0.3) is 22.3 Å². The number of hydrogen-bond acceptors (Lipinski definition) is 5. The minimum Gasteiger partial charge on any atom is -0.507 e. The highest BCUT2D eigenvalue weighted by Gasteiger charge is 2.34. The van der Waals surface area contributed by atoms with Crippen LogP contribution in [0.2, 0.25) is 0 Å². The van der Waals surface area contributed by atoms with Crippen molar-refractivity contribution in [3.63, 3.8) is 0 Å². The largest absolute Gasteiger partial charge is 0.507 e. The SMILES string of the molecule is Cc1ccc([C@@H]2CN(Cc3ccccc3)CC2Nc2nc(-c3cc(F)ccc3O)nc3ccccc23)cc1. The number of phenols is 1. The number of aromatic nitrogens is 2. The third-order valence-electron chi connectivity index (χ3n) is 7.27.